The molecule has 5 heteroatoms. The van der Waals surface area contributed by atoms with Crippen LogP contribution in [0.5, 0.6) is 0 Å². The molecular formula is C17H17N3OS. The number of benzene rings is 2. The number of rotatable bonds is 1. The molecule has 2 aromatic rings. The smallest absolute Gasteiger partial charge is 0.326 e. The van der Waals surface area contributed by atoms with E-state index in [2.05, 4.69) is 10.6 Å². The first-order valence-corrected chi connectivity index (χ1v) is 7.60. The minimum Gasteiger partial charge on any atom is -0.348 e. The average Bonchev–Trinajstić information content (AvgIpc) is 2.62. The molecule has 0 fully saturated rings. The highest BCUT2D eigenvalue weighted by atomic mass is 32.1. The predicted octanol–water partition coefficient (Wildman–Crippen LogP) is 4.26. The van der Waals surface area contributed by atoms with Gasteiger partial charge in [-0.1, -0.05) is 42.5 Å². The van der Waals surface area contributed by atoms with Gasteiger partial charge in [-0.15, -0.1) is 0 Å². The van der Waals surface area contributed by atoms with E-state index >= 15 is 0 Å². The molecule has 3 rings (SSSR count). The fourth-order valence-electron chi connectivity index (χ4n) is 2.60. The van der Waals surface area contributed by atoms with Crippen molar-refractivity contribution in [2.45, 2.75) is 19.4 Å². The van der Waals surface area contributed by atoms with E-state index in [1.54, 1.807) is 4.90 Å². The number of hydrogen-bond donors (Lipinski definition) is 2. The van der Waals surface area contributed by atoms with Gasteiger partial charge < -0.3 is 10.6 Å². The Hall–Kier alpha value is -2.40. The lowest BCUT2D eigenvalue weighted by molar-refractivity contribution is 0.255. The second kappa shape index (κ2) is 6.15. The van der Waals surface area contributed by atoms with Crippen LogP contribution in [0, 0.1) is 0 Å². The van der Waals surface area contributed by atoms with Crippen LogP contribution >= 0.6 is 12.2 Å². The third kappa shape index (κ3) is 2.94. The number of urea groups is 1. The van der Waals surface area contributed by atoms with Crippen LogP contribution in [-0.2, 0) is 0 Å². The number of amides is 2. The van der Waals surface area contributed by atoms with Gasteiger partial charge >= 0.3 is 6.03 Å². The number of para-hydroxylation sites is 3. The van der Waals surface area contributed by atoms with E-state index in [1.807, 2.05) is 61.5 Å². The summed E-state index contributed by atoms with van der Waals surface area (Å²) in [6.07, 6.45) is 0.631. The topological polar surface area (TPSA) is 44.4 Å². The number of carbonyl (C=O) groups excluding carboxylic acids is 1. The first-order chi connectivity index (χ1) is 10.6. The molecule has 2 aromatic carbocycles. The van der Waals surface area contributed by atoms with E-state index in [-0.39, 0.29) is 12.1 Å². The minimum absolute atomic E-state index is 0.0210. The van der Waals surface area contributed by atoms with Crippen molar-refractivity contribution in [3.63, 3.8) is 0 Å². The molecule has 0 aliphatic carbocycles. The summed E-state index contributed by atoms with van der Waals surface area (Å²) in [4.78, 5) is 15.2. The van der Waals surface area contributed by atoms with E-state index in [9.17, 15) is 4.79 Å². The van der Waals surface area contributed by atoms with Gasteiger partial charge in [0.1, 0.15) is 0 Å². The molecule has 1 heterocycles. The van der Waals surface area contributed by atoms with Crippen molar-refractivity contribution in [3.05, 3.63) is 54.6 Å². The van der Waals surface area contributed by atoms with Crippen LogP contribution in [0.25, 0.3) is 0 Å². The van der Waals surface area contributed by atoms with Crippen LogP contribution < -0.4 is 15.5 Å². The van der Waals surface area contributed by atoms with Crippen LogP contribution in [0.15, 0.2) is 54.6 Å². The summed E-state index contributed by atoms with van der Waals surface area (Å²) in [6, 6.07) is 17.0. The molecule has 0 unspecified atom stereocenters. The molecule has 0 saturated heterocycles. The fraction of sp³-hybridized carbons (Fsp3) is 0.176. The van der Waals surface area contributed by atoms with Crippen molar-refractivity contribution in [1.82, 2.24) is 0 Å². The van der Waals surface area contributed by atoms with Gasteiger partial charge in [-0.2, -0.15) is 0 Å². The quantitative estimate of drug-likeness (QED) is 0.774. The first-order valence-electron chi connectivity index (χ1n) is 7.19. The Labute approximate surface area is 135 Å². The van der Waals surface area contributed by atoms with E-state index in [0.717, 1.165) is 22.1 Å². The highest BCUT2D eigenvalue weighted by Crippen LogP contribution is 2.32. The highest BCUT2D eigenvalue weighted by Gasteiger charge is 2.28. The fourth-order valence-corrected chi connectivity index (χ4v) is 2.95. The number of nitrogens with one attached hydrogen (secondary N) is 2. The average molecular weight is 311 g/mol. The summed E-state index contributed by atoms with van der Waals surface area (Å²) < 4.78 is 0. The number of hydrogen-bond acceptors (Lipinski definition) is 2. The normalized spacial score (nSPS) is 17.2. The lowest BCUT2D eigenvalue weighted by Crippen LogP contribution is -2.41. The summed E-state index contributed by atoms with van der Waals surface area (Å²) in [5, 5.41) is 6.15. The monoisotopic (exact) mass is 311 g/mol. The molecule has 1 aliphatic heterocycles. The second-order valence-electron chi connectivity index (χ2n) is 5.28. The first kappa shape index (κ1) is 14.5. The van der Waals surface area contributed by atoms with Crippen molar-refractivity contribution >= 4 is 40.3 Å². The van der Waals surface area contributed by atoms with Gasteiger partial charge in [0, 0.05) is 18.2 Å². The van der Waals surface area contributed by atoms with Crippen molar-refractivity contribution in [3.8, 4) is 0 Å². The molecule has 2 N–H and O–H groups in total. The Bertz CT molecular complexity index is 702. The minimum atomic E-state index is -0.155. The zero-order valence-corrected chi connectivity index (χ0v) is 13.1. The Balaban J connectivity index is 1.94. The molecule has 22 heavy (non-hydrogen) atoms. The summed E-state index contributed by atoms with van der Waals surface area (Å²) in [6.45, 7) is 2.00. The number of anilines is 3. The van der Waals surface area contributed by atoms with E-state index in [4.69, 9.17) is 12.2 Å². The highest BCUT2D eigenvalue weighted by molar-refractivity contribution is 7.80. The Morgan fingerprint density at radius 2 is 1.86 bits per heavy atom. The molecule has 4 nitrogen and oxygen atoms in total. The van der Waals surface area contributed by atoms with Crippen molar-refractivity contribution in [2.75, 3.05) is 15.5 Å². The maximum Gasteiger partial charge on any atom is 0.326 e. The number of thiocarbonyl (C=S) groups is 1. The predicted molar refractivity (Wildman–Crippen MR) is 94.7 cm³/mol. The van der Waals surface area contributed by atoms with Crippen molar-refractivity contribution < 1.29 is 4.79 Å². The van der Waals surface area contributed by atoms with Gasteiger partial charge in [0.15, 0.2) is 0 Å². The van der Waals surface area contributed by atoms with E-state index in [0.29, 0.717) is 6.42 Å². The number of nitrogens with zero attached hydrogens (tertiary/aromatic N) is 1. The second-order valence-corrected chi connectivity index (χ2v) is 5.78. The maximum absolute atomic E-state index is 12.7. The Morgan fingerprint density at radius 1 is 1.18 bits per heavy atom. The van der Waals surface area contributed by atoms with Gasteiger partial charge in [0.05, 0.1) is 16.4 Å². The van der Waals surface area contributed by atoms with Crippen LogP contribution in [0.2, 0.25) is 0 Å². The zero-order valence-electron chi connectivity index (χ0n) is 12.2. The molecular weight excluding hydrogens is 294 g/mol. The summed E-state index contributed by atoms with van der Waals surface area (Å²) in [5.74, 6) is 0. The van der Waals surface area contributed by atoms with Gasteiger partial charge in [0.2, 0.25) is 0 Å². The molecule has 0 spiro atoms. The van der Waals surface area contributed by atoms with Crippen LogP contribution in [-0.4, -0.2) is 17.1 Å². The van der Waals surface area contributed by atoms with Gasteiger partial charge in [-0.25, -0.2) is 4.79 Å². The van der Waals surface area contributed by atoms with Crippen molar-refractivity contribution in [2.24, 2.45) is 0 Å². The largest absolute Gasteiger partial charge is 0.348 e. The summed E-state index contributed by atoms with van der Waals surface area (Å²) >= 11 is 5.35. The molecule has 0 saturated carbocycles. The molecule has 0 bridgehead atoms. The van der Waals surface area contributed by atoms with Crippen LogP contribution in [0.4, 0.5) is 21.9 Å². The molecule has 1 atom stereocenters. The Kier molecular flexibility index (Phi) is 4.06. The summed E-state index contributed by atoms with van der Waals surface area (Å²) in [7, 11) is 0. The van der Waals surface area contributed by atoms with Gasteiger partial charge in [-0.3, -0.25) is 4.90 Å². The Morgan fingerprint density at radius 3 is 2.64 bits per heavy atom. The molecule has 112 valence electrons. The molecule has 2 amide bonds. The van der Waals surface area contributed by atoms with Crippen molar-refractivity contribution in [1.29, 1.82) is 0 Å². The molecule has 1 aliphatic rings. The lowest BCUT2D eigenvalue weighted by Gasteiger charge is -2.28. The lowest BCUT2D eigenvalue weighted by atomic mass is 10.2. The maximum atomic E-state index is 12.7. The van der Waals surface area contributed by atoms with E-state index < -0.39 is 0 Å². The standard InChI is InChI=1S/C17H17N3OS/c1-12-11-16(22)19-14-9-5-6-10-15(14)20(12)17(21)18-13-7-3-2-4-8-13/h2-10,12H,11H2,1H3,(H,18,21)(H,19,22)/t12-/m0/s1. The number of fused-ring (bicyclic) bond motifs is 1. The van der Waals surface area contributed by atoms with Crippen LogP contribution in [0.1, 0.15) is 13.3 Å². The van der Waals surface area contributed by atoms with Crippen LogP contribution in [0.3, 0.4) is 0 Å². The molecule has 0 radical (unpaired) electrons. The SMILES string of the molecule is C[C@H]1CC(=S)Nc2ccccc2N1C(=O)Nc1ccccc1. The van der Waals surface area contributed by atoms with E-state index in [1.165, 1.54) is 0 Å². The third-order valence-electron chi connectivity index (χ3n) is 3.60. The van der Waals surface area contributed by atoms with Gasteiger partial charge in [0.25, 0.3) is 0 Å². The third-order valence-corrected chi connectivity index (χ3v) is 3.87. The van der Waals surface area contributed by atoms with Gasteiger partial charge in [-0.05, 0) is 31.2 Å². The summed E-state index contributed by atoms with van der Waals surface area (Å²) in [5.41, 5.74) is 2.47. The number of carbonyl (C=O) groups is 1. The zero-order chi connectivity index (χ0) is 15.5. The molecule has 0 aromatic heterocycles.